The van der Waals surface area contributed by atoms with Gasteiger partial charge < -0.3 is 0 Å². The molecular weight excluding hydrogens is 362 g/mol. The summed E-state index contributed by atoms with van der Waals surface area (Å²) in [4.78, 5) is 4.71. The van der Waals surface area contributed by atoms with E-state index in [9.17, 15) is 0 Å². The molecule has 0 radical (unpaired) electrons. The van der Waals surface area contributed by atoms with Crippen LogP contribution in [0.3, 0.4) is 0 Å². The van der Waals surface area contributed by atoms with E-state index in [1.54, 1.807) is 5.56 Å². The average Bonchev–Trinajstić information content (AvgIpc) is 2.97. The van der Waals surface area contributed by atoms with Gasteiger partial charge in [0.2, 0.25) is 0 Å². The van der Waals surface area contributed by atoms with Crippen molar-refractivity contribution in [1.29, 1.82) is 0 Å². The third-order valence-corrected chi connectivity index (χ3v) is 7.48. The Bertz CT molecular complexity index is 906. The van der Waals surface area contributed by atoms with Gasteiger partial charge in [-0.3, -0.25) is 4.98 Å². The molecular formula is C29H33N. The zero-order valence-electron chi connectivity index (χ0n) is 18.0. The van der Waals surface area contributed by atoms with Crippen molar-refractivity contribution in [2.75, 3.05) is 0 Å². The van der Waals surface area contributed by atoms with Crippen LogP contribution < -0.4 is 0 Å². The molecule has 0 N–H and O–H groups in total. The Morgan fingerprint density at radius 2 is 1.20 bits per heavy atom. The van der Waals surface area contributed by atoms with Crippen molar-refractivity contribution in [1.82, 2.24) is 4.98 Å². The Kier molecular flexibility index (Phi) is 5.97. The van der Waals surface area contributed by atoms with Crippen molar-refractivity contribution in [2.45, 2.75) is 63.7 Å². The molecule has 2 bridgehead atoms. The molecule has 6 rings (SSSR count). The Labute approximate surface area is 181 Å². The quantitative estimate of drug-likeness (QED) is 0.435. The third kappa shape index (κ3) is 4.51. The molecule has 2 aromatic carbocycles. The summed E-state index contributed by atoms with van der Waals surface area (Å²) in [6, 6.07) is 24.2. The molecule has 1 heteroatoms. The Morgan fingerprint density at radius 1 is 0.567 bits per heavy atom. The van der Waals surface area contributed by atoms with Crippen molar-refractivity contribution in [2.24, 2.45) is 11.8 Å². The van der Waals surface area contributed by atoms with Crippen molar-refractivity contribution in [3.05, 3.63) is 78.5 Å². The summed E-state index contributed by atoms with van der Waals surface area (Å²) in [6.45, 7) is 0. The number of benzene rings is 2. The molecule has 0 saturated heterocycles. The minimum absolute atomic E-state index is 0.756. The van der Waals surface area contributed by atoms with Crippen LogP contribution in [0.5, 0.6) is 0 Å². The minimum atomic E-state index is 0.756. The Hall–Kier alpha value is -2.41. The molecule has 0 amide bonds. The monoisotopic (exact) mass is 395 g/mol. The first-order chi connectivity index (χ1) is 14.8. The normalized spacial score (nSPS) is 24.5. The van der Waals surface area contributed by atoms with Crippen molar-refractivity contribution in [3.63, 3.8) is 0 Å². The number of hydrogen-bond donors (Lipinski definition) is 0. The molecule has 1 nitrogen and oxygen atoms in total. The molecule has 3 fully saturated rings. The van der Waals surface area contributed by atoms with E-state index >= 15 is 0 Å². The van der Waals surface area contributed by atoms with Crippen LogP contribution in [0.25, 0.3) is 22.4 Å². The fraction of sp³-hybridized carbons (Fsp3) is 0.414. The van der Waals surface area contributed by atoms with E-state index in [-0.39, 0.29) is 0 Å². The van der Waals surface area contributed by atoms with E-state index < -0.39 is 0 Å². The van der Waals surface area contributed by atoms with E-state index in [4.69, 9.17) is 4.98 Å². The fourth-order valence-corrected chi connectivity index (χ4v) is 5.79. The largest absolute Gasteiger partial charge is 0.256 e. The summed E-state index contributed by atoms with van der Waals surface area (Å²) in [7, 11) is 0. The van der Waals surface area contributed by atoms with Crippen LogP contribution in [-0.2, 0) is 0 Å². The van der Waals surface area contributed by atoms with Gasteiger partial charge in [0.1, 0.15) is 0 Å². The van der Waals surface area contributed by atoms with Gasteiger partial charge in [0.25, 0.3) is 0 Å². The average molecular weight is 396 g/mol. The van der Waals surface area contributed by atoms with Gasteiger partial charge in [-0.25, -0.2) is 0 Å². The van der Waals surface area contributed by atoms with Crippen LogP contribution >= 0.6 is 0 Å². The van der Waals surface area contributed by atoms with Gasteiger partial charge in [0.15, 0.2) is 0 Å². The Morgan fingerprint density at radius 3 is 1.83 bits per heavy atom. The van der Waals surface area contributed by atoms with Crippen LogP contribution in [0, 0.1) is 11.8 Å². The SMILES string of the molecule is c1ccc(-c2ccc(-c3ccc(C4CC5CCCCC(CCC5)C4)cc3)cn2)cc1. The summed E-state index contributed by atoms with van der Waals surface area (Å²) in [6.07, 6.45) is 15.1. The molecule has 1 heterocycles. The summed E-state index contributed by atoms with van der Waals surface area (Å²) < 4.78 is 0. The maximum absolute atomic E-state index is 4.71. The summed E-state index contributed by atoms with van der Waals surface area (Å²) in [5, 5.41) is 0. The summed E-state index contributed by atoms with van der Waals surface area (Å²) in [5.41, 5.74) is 6.24. The fourth-order valence-electron chi connectivity index (χ4n) is 5.79. The third-order valence-electron chi connectivity index (χ3n) is 7.48. The zero-order chi connectivity index (χ0) is 20.2. The lowest BCUT2D eigenvalue weighted by molar-refractivity contribution is 0.292. The van der Waals surface area contributed by atoms with Crippen LogP contribution in [0.1, 0.15) is 69.3 Å². The summed E-state index contributed by atoms with van der Waals surface area (Å²) in [5.74, 6) is 2.65. The molecule has 3 aliphatic rings. The second-order valence-corrected chi connectivity index (χ2v) is 9.54. The van der Waals surface area contributed by atoms with Gasteiger partial charge in [0, 0.05) is 17.3 Å². The molecule has 0 aliphatic heterocycles. The Balaban J connectivity index is 1.33. The van der Waals surface area contributed by atoms with Gasteiger partial charge in [-0.15, -0.1) is 0 Å². The number of nitrogens with zero attached hydrogens (tertiary/aromatic N) is 1. The van der Waals surface area contributed by atoms with Crippen LogP contribution in [-0.4, -0.2) is 4.98 Å². The first-order valence-electron chi connectivity index (χ1n) is 12.0. The lowest BCUT2D eigenvalue weighted by atomic mass is 9.76. The van der Waals surface area contributed by atoms with Crippen LogP contribution in [0.15, 0.2) is 72.9 Å². The van der Waals surface area contributed by atoms with E-state index in [0.717, 1.165) is 23.4 Å². The number of pyridine rings is 1. The number of hydrogen-bond acceptors (Lipinski definition) is 1. The molecule has 3 aromatic rings. The smallest absolute Gasteiger partial charge is 0.0702 e. The lowest BCUT2D eigenvalue weighted by Gasteiger charge is -2.29. The van der Waals surface area contributed by atoms with Gasteiger partial charge in [-0.2, -0.15) is 0 Å². The highest BCUT2D eigenvalue weighted by Gasteiger charge is 2.26. The predicted molar refractivity (Wildman–Crippen MR) is 126 cm³/mol. The number of aromatic nitrogens is 1. The van der Waals surface area contributed by atoms with Gasteiger partial charge in [-0.1, -0.05) is 106 Å². The lowest BCUT2D eigenvalue weighted by Crippen LogP contribution is -2.15. The second-order valence-electron chi connectivity index (χ2n) is 9.54. The topological polar surface area (TPSA) is 12.9 Å². The molecule has 154 valence electrons. The van der Waals surface area contributed by atoms with E-state index in [2.05, 4.69) is 60.7 Å². The predicted octanol–water partition coefficient (Wildman–Crippen LogP) is 8.27. The van der Waals surface area contributed by atoms with Gasteiger partial charge >= 0.3 is 0 Å². The molecule has 1 aromatic heterocycles. The highest BCUT2D eigenvalue weighted by molar-refractivity contribution is 5.67. The first-order valence-corrected chi connectivity index (χ1v) is 12.0. The highest BCUT2D eigenvalue weighted by Crippen LogP contribution is 2.41. The zero-order valence-corrected chi connectivity index (χ0v) is 18.0. The van der Waals surface area contributed by atoms with Crippen molar-refractivity contribution >= 4 is 0 Å². The van der Waals surface area contributed by atoms with E-state index in [1.807, 2.05) is 12.3 Å². The molecule has 2 atom stereocenters. The van der Waals surface area contributed by atoms with E-state index in [1.165, 1.54) is 74.5 Å². The molecule has 30 heavy (non-hydrogen) atoms. The maximum atomic E-state index is 4.71. The van der Waals surface area contributed by atoms with Crippen LogP contribution in [0.2, 0.25) is 0 Å². The van der Waals surface area contributed by atoms with Gasteiger partial charge in [0.05, 0.1) is 5.69 Å². The number of fused-ring (bicyclic) bond motifs is 7. The molecule has 2 unspecified atom stereocenters. The highest BCUT2D eigenvalue weighted by atomic mass is 14.7. The molecule has 0 spiro atoms. The first kappa shape index (κ1) is 19.5. The van der Waals surface area contributed by atoms with Crippen LogP contribution in [0.4, 0.5) is 0 Å². The number of rotatable bonds is 3. The minimum Gasteiger partial charge on any atom is -0.256 e. The van der Waals surface area contributed by atoms with Crippen molar-refractivity contribution in [3.8, 4) is 22.4 Å². The standard InChI is InChI=1S/C29H33N/c1-2-11-26(12-3-1)29-18-17-27(21-30-29)24-13-15-25(16-14-24)28-19-22-7-4-5-8-23(20-28)10-6-9-22/h1-3,11-18,21-23,28H,4-10,19-20H2. The second kappa shape index (κ2) is 9.16. The maximum Gasteiger partial charge on any atom is 0.0702 e. The van der Waals surface area contributed by atoms with E-state index in [0.29, 0.717) is 0 Å². The molecule has 3 saturated carbocycles. The molecule has 3 aliphatic carbocycles. The van der Waals surface area contributed by atoms with Gasteiger partial charge in [-0.05, 0) is 47.8 Å². The summed E-state index contributed by atoms with van der Waals surface area (Å²) >= 11 is 0. The van der Waals surface area contributed by atoms with Crippen molar-refractivity contribution < 1.29 is 0 Å².